The Morgan fingerprint density at radius 2 is 1.29 bits per heavy atom. The molecule has 5 rings (SSSR count). The second-order valence-corrected chi connectivity index (χ2v) is 7.29. The maximum Gasteiger partial charge on any atom is 0.302 e. The SMILES string of the molecule is O=C(Nc1cccc2ccccc12)C1C(=O)C(=O)N(c2cccc3ccccc23)C1=O. The number of carbonyl (C=O) groups excluding carboxylic acids is 4. The molecule has 1 heterocycles. The van der Waals surface area contributed by atoms with Gasteiger partial charge in [-0.05, 0) is 22.9 Å². The molecule has 0 saturated carbocycles. The molecule has 1 atom stereocenters. The molecule has 1 aliphatic heterocycles. The Morgan fingerprint density at radius 1 is 0.710 bits per heavy atom. The summed E-state index contributed by atoms with van der Waals surface area (Å²) in [7, 11) is 0. The molecule has 6 nitrogen and oxygen atoms in total. The second kappa shape index (κ2) is 7.18. The first-order valence-corrected chi connectivity index (χ1v) is 9.75. The van der Waals surface area contributed by atoms with Crippen molar-refractivity contribution in [1.82, 2.24) is 0 Å². The van der Waals surface area contributed by atoms with Gasteiger partial charge < -0.3 is 5.32 Å². The van der Waals surface area contributed by atoms with E-state index in [0.717, 1.165) is 21.1 Å². The summed E-state index contributed by atoms with van der Waals surface area (Å²) in [6, 6.07) is 25.1. The third kappa shape index (κ3) is 2.97. The number of nitrogens with one attached hydrogen (secondary N) is 1. The number of fused-ring (bicyclic) bond motifs is 2. The van der Waals surface area contributed by atoms with E-state index in [1.165, 1.54) is 0 Å². The van der Waals surface area contributed by atoms with Crippen LogP contribution in [0.5, 0.6) is 0 Å². The van der Waals surface area contributed by atoms with Crippen LogP contribution in [0.3, 0.4) is 0 Å². The van der Waals surface area contributed by atoms with Gasteiger partial charge in [-0.25, -0.2) is 4.90 Å². The van der Waals surface area contributed by atoms with Crippen LogP contribution in [0.1, 0.15) is 0 Å². The molecule has 1 aliphatic rings. The summed E-state index contributed by atoms with van der Waals surface area (Å²) in [5, 5.41) is 5.79. The molecule has 1 fully saturated rings. The van der Waals surface area contributed by atoms with E-state index in [1.54, 1.807) is 36.4 Å². The zero-order chi connectivity index (χ0) is 21.5. The van der Waals surface area contributed by atoms with E-state index in [9.17, 15) is 19.2 Å². The van der Waals surface area contributed by atoms with Crippen LogP contribution in [0.2, 0.25) is 0 Å². The van der Waals surface area contributed by atoms with Crippen LogP contribution >= 0.6 is 0 Å². The molecular formula is C25H16N2O4. The highest BCUT2D eigenvalue weighted by Crippen LogP contribution is 2.32. The van der Waals surface area contributed by atoms with Gasteiger partial charge in [0.05, 0.1) is 5.69 Å². The number of ketones is 1. The van der Waals surface area contributed by atoms with E-state index >= 15 is 0 Å². The van der Waals surface area contributed by atoms with Gasteiger partial charge in [0.1, 0.15) is 0 Å². The molecule has 150 valence electrons. The Kier molecular flexibility index (Phi) is 4.33. The minimum absolute atomic E-state index is 0.293. The molecule has 4 aromatic carbocycles. The molecule has 0 bridgehead atoms. The third-order valence-corrected chi connectivity index (χ3v) is 5.46. The maximum atomic E-state index is 13.1. The smallest absolute Gasteiger partial charge is 0.302 e. The van der Waals surface area contributed by atoms with Gasteiger partial charge in [0.25, 0.3) is 5.91 Å². The van der Waals surface area contributed by atoms with E-state index in [2.05, 4.69) is 5.32 Å². The minimum atomic E-state index is -1.72. The number of carbonyl (C=O) groups is 4. The lowest BCUT2D eigenvalue weighted by Crippen LogP contribution is -2.34. The number of amides is 3. The van der Waals surface area contributed by atoms with Crippen molar-refractivity contribution in [1.29, 1.82) is 0 Å². The zero-order valence-corrected chi connectivity index (χ0v) is 16.2. The van der Waals surface area contributed by atoms with Gasteiger partial charge >= 0.3 is 5.91 Å². The fourth-order valence-electron chi connectivity index (χ4n) is 3.98. The van der Waals surface area contributed by atoms with Crippen molar-refractivity contribution < 1.29 is 19.2 Å². The Bertz CT molecular complexity index is 1400. The topological polar surface area (TPSA) is 83.6 Å². The van der Waals surface area contributed by atoms with E-state index in [1.807, 2.05) is 48.5 Å². The average Bonchev–Trinajstić information content (AvgIpc) is 3.01. The van der Waals surface area contributed by atoms with E-state index in [0.29, 0.717) is 16.8 Å². The minimum Gasteiger partial charge on any atom is -0.324 e. The van der Waals surface area contributed by atoms with Gasteiger partial charge in [0.2, 0.25) is 11.7 Å². The van der Waals surface area contributed by atoms with Crippen molar-refractivity contribution in [3.63, 3.8) is 0 Å². The summed E-state index contributed by atoms with van der Waals surface area (Å²) >= 11 is 0. The number of rotatable bonds is 3. The van der Waals surface area contributed by atoms with Crippen molar-refractivity contribution >= 4 is 56.4 Å². The molecule has 1 N–H and O–H groups in total. The first kappa shape index (κ1) is 18.7. The van der Waals surface area contributed by atoms with E-state index in [4.69, 9.17) is 0 Å². The highest BCUT2D eigenvalue weighted by molar-refractivity contribution is 6.60. The second-order valence-electron chi connectivity index (χ2n) is 7.29. The predicted octanol–water partition coefficient (Wildman–Crippen LogP) is 3.69. The maximum absolute atomic E-state index is 13.1. The summed E-state index contributed by atoms with van der Waals surface area (Å²) in [6.45, 7) is 0. The van der Waals surface area contributed by atoms with Crippen LogP contribution in [-0.4, -0.2) is 23.5 Å². The highest BCUT2D eigenvalue weighted by Gasteiger charge is 2.51. The van der Waals surface area contributed by atoms with Gasteiger partial charge in [0, 0.05) is 16.5 Å². The molecule has 0 aliphatic carbocycles. The van der Waals surface area contributed by atoms with E-state index in [-0.39, 0.29) is 0 Å². The van der Waals surface area contributed by atoms with Crippen LogP contribution in [0.15, 0.2) is 84.9 Å². The Balaban J connectivity index is 1.51. The Hall–Kier alpha value is -4.32. The predicted molar refractivity (Wildman–Crippen MR) is 118 cm³/mol. The normalized spacial score (nSPS) is 16.3. The molecule has 4 aromatic rings. The van der Waals surface area contributed by atoms with Crippen LogP contribution in [0.4, 0.5) is 11.4 Å². The van der Waals surface area contributed by atoms with Crippen molar-refractivity contribution in [2.45, 2.75) is 0 Å². The molecule has 3 amide bonds. The summed E-state index contributed by atoms with van der Waals surface area (Å²) in [5.74, 6) is -5.41. The van der Waals surface area contributed by atoms with Crippen molar-refractivity contribution in [3.05, 3.63) is 84.9 Å². The monoisotopic (exact) mass is 408 g/mol. The number of hydrogen-bond acceptors (Lipinski definition) is 4. The molecule has 6 heteroatoms. The van der Waals surface area contributed by atoms with Gasteiger partial charge in [-0.2, -0.15) is 0 Å². The molecule has 1 saturated heterocycles. The fraction of sp³-hybridized carbons (Fsp3) is 0.0400. The van der Waals surface area contributed by atoms with Gasteiger partial charge in [-0.1, -0.05) is 72.8 Å². The summed E-state index contributed by atoms with van der Waals surface area (Å²) in [6.07, 6.45) is 0. The molecule has 0 spiro atoms. The number of anilines is 2. The Morgan fingerprint density at radius 3 is 2.03 bits per heavy atom. The van der Waals surface area contributed by atoms with Gasteiger partial charge in [-0.3, -0.25) is 19.2 Å². The lowest BCUT2D eigenvalue weighted by atomic mass is 10.0. The van der Waals surface area contributed by atoms with Gasteiger partial charge in [0.15, 0.2) is 5.92 Å². The Labute approximate surface area is 177 Å². The lowest BCUT2D eigenvalue weighted by molar-refractivity contribution is -0.139. The molecule has 0 aromatic heterocycles. The number of Topliss-reactive ketones (excluding diaryl/α,β-unsaturated/α-hetero) is 1. The summed E-state index contributed by atoms with van der Waals surface area (Å²) < 4.78 is 0. The third-order valence-electron chi connectivity index (χ3n) is 5.46. The standard InChI is InChI=1S/C25H16N2O4/c28-22-21(23(29)26-19-13-5-9-15-7-1-3-11-17(15)19)24(30)27(25(22)31)20-14-6-10-16-8-2-4-12-18(16)20/h1-14,21H,(H,26,29). The lowest BCUT2D eigenvalue weighted by Gasteiger charge is -2.16. The first-order valence-electron chi connectivity index (χ1n) is 9.75. The fourth-order valence-corrected chi connectivity index (χ4v) is 3.98. The highest BCUT2D eigenvalue weighted by atomic mass is 16.2. The molecular weight excluding hydrogens is 392 g/mol. The van der Waals surface area contributed by atoms with Crippen molar-refractivity contribution in [3.8, 4) is 0 Å². The van der Waals surface area contributed by atoms with Crippen molar-refractivity contribution in [2.24, 2.45) is 5.92 Å². The molecule has 0 radical (unpaired) electrons. The van der Waals surface area contributed by atoms with Crippen LogP contribution in [0.25, 0.3) is 21.5 Å². The molecule has 1 unspecified atom stereocenters. The summed E-state index contributed by atoms with van der Waals surface area (Å²) in [5.41, 5.74) is 0.765. The van der Waals surface area contributed by atoms with Crippen LogP contribution in [-0.2, 0) is 19.2 Å². The number of benzene rings is 4. The average molecular weight is 408 g/mol. The van der Waals surface area contributed by atoms with Crippen molar-refractivity contribution in [2.75, 3.05) is 10.2 Å². The zero-order valence-electron chi connectivity index (χ0n) is 16.2. The number of nitrogens with zero attached hydrogens (tertiary/aromatic N) is 1. The van der Waals surface area contributed by atoms with Gasteiger partial charge in [-0.15, -0.1) is 0 Å². The largest absolute Gasteiger partial charge is 0.324 e. The van der Waals surface area contributed by atoms with Crippen LogP contribution in [0, 0.1) is 5.92 Å². The quantitative estimate of drug-likeness (QED) is 0.318. The first-order chi connectivity index (χ1) is 15.1. The number of imide groups is 1. The van der Waals surface area contributed by atoms with E-state index < -0.39 is 29.4 Å². The molecule has 31 heavy (non-hydrogen) atoms. The van der Waals surface area contributed by atoms with Crippen LogP contribution < -0.4 is 10.2 Å². The number of hydrogen-bond donors (Lipinski definition) is 1. The summed E-state index contributed by atoms with van der Waals surface area (Å²) in [4.78, 5) is 52.2.